The van der Waals surface area contributed by atoms with E-state index < -0.39 is 5.91 Å². The van der Waals surface area contributed by atoms with E-state index in [1.807, 2.05) is 24.4 Å². The Morgan fingerprint density at radius 1 is 1.50 bits per heavy atom. The Bertz CT molecular complexity index is 588. The molecule has 0 aliphatic heterocycles. The summed E-state index contributed by atoms with van der Waals surface area (Å²) in [5.41, 5.74) is 3.04. The first-order valence-electron chi connectivity index (χ1n) is 5.81. The van der Waals surface area contributed by atoms with Crippen molar-refractivity contribution in [3.63, 3.8) is 0 Å². The van der Waals surface area contributed by atoms with E-state index >= 15 is 0 Å². The summed E-state index contributed by atoms with van der Waals surface area (Å²) in [6, 6.07) is 7.31. The molecule has 2 aromatic heterocycles. The minimum absolute atomic E-state index is 0.196. The second-order valence-electron chi connectivity index (χ2n) is 3.74. The lowest BCUT2D eigenvalue weighted by molar-refractivity contribution is -0.125. The van der Waals surface area contributed by atoms with Gasteiger partial charge < -0.3 is 9.25 Å². The normalized spacial score (nSPS) is 11.8. The van der Waals surface area contributed by atoms with Crippen molar-refractivity contribution in [3.8, 4) is 0 Å². The van der Waals surface area contributed by atoms with Crippen LogP contribution in [-0.2, 0) is 9.63 Å². The summed E-state index contributed by atoms with van der Waals surface area (Å²) in [6.45, 7) is 1.62. The zero-order chi connectivity index (χ0) is 14.2. The van der Waals surface area contributed by atoms with Crippen molar-refractivity contribution in [3.05, 3.63) is 46.5 Å². The van der Waals surface area contributed by atoms with Crippen molar-refractivity contribution in [1.29, 1.82) is 0 Å². The highest BCUT2D eigenvalue weighted by Gasteiger charge is 2.01. The summed E-state index contributed by atoms with van der Waals surface area (Å²) < 4.78 is 5.02. The molecule has 0 radical (unpaired) electrons. The van der Waals surface area contributed by atoms with Crippen LogP contribution in [0.4, 0.5) is 0 Å². The molecule has 0 unspecified atom stereocenters. The molecule has 0 aliphatic carbocycles. The van der Waals surface area contributed by atoms with Crippen molar-refractivity contribution in [2.45, 2.75) is 6.92 Å². The predicted octanol–water partition coefficient (Wildman–Crippen LogP) is 2.23. The van der Waals surface area contributed by atoms with Crippen molar-refractivity contribution in [2.24, 2.45) is 10.3 Å². The maximum absolute atomic E-state index is 11.4. The maximum Gasteiger partial charge on any atom is 0.280 e. The molecular formula is C13H13N3O3S. The van der Waals surface area contributed by atoms with Gasteiger partial charge in [0.2, 0.25) is 0 Å². The van der Waals surface area contributed by atoms with Crippen molar-refractivity contribution in [2.75, 3.05) is 6.61 Å². The molecule has 104 valence electrons. The first kappa shape index (κ1) is 14.0. The molecule has 2 heterocycles. The van der Waals surface area contributed by atoms with Crippen LogP contribution in [0.15, 0.2) is 50.6 Å². The molecule has 0 fully saturated rings. The van der Waals surface area contributed by atoms with E-state index in [-0.39, 0.29) is 6.61 Å². The summed E-state index contributed by atoms with van der Waals surface area (Å²) in [4.78, 5) is 17.3. The molecule has 0 spiro atoms. The molecule has 0 bridgehead atoms. The van der Waals surface area contributed by atoms with Gasteiger partial charge in [0.1, 0.15) is 5.76 Å². The number of furan rings is 1. The van der Waals surface area contributed by atoms with Gasteiger partial charge in [-0.1, -0.05) is 11.2 Å². The first-order chi connectivity index (χ1) is 9.75. The monoisotopic (exact) mass is 291 g/mol. The Morgan fingerprint density at radius 2 is 2.40 bits per heavy atom. The second kappa shape index (κ2) is 7.25. The van der Waals surface area contributed by atoms with Crippen LogP contribution in [0.5, 0.6) is 0 Å². The fourth-order valence-corrected chi connectivity index (χ4v) is 1.95. The number of carbonyl (C=O) groups is 1. The number of carbonyl (C=O) groups excluding carboxylic acids is 1. The third-order valence-electron chi connectivity index (χ3n) is 2.20. The van der Waals surface area contributed by atoms with Crippen molar-refractivity contribution < 1.29 is 14.0 Å². The fraction of sp³-hybridized carbons (Fsp3) is 0.154. The van der Waals surface area contributed by atoms with E-state index in [9.17, 15) is 4.79 Å². The van der Waals surface area contributed by atoms with Gasteiger partial charge in [0.05, 0.1) is 23.1 Å². The molecule has 20 heavy (non-hydrogen) atoms. The van der Waals surface area contributed by atoms with Gasteiger partial charge in [-0.15, -0.1) is 11.3 Å². The van der Waals surface area contributed by atoms with Crippen LogP contribution in [0.2, 0.25) is 0 Å². The predicted molar refractivity (Wildman–Crippen MR) is 76.9 cm³/mol. The summed E-state index contributed by atoms with van der Waals surface area (Å²) in [6.07, 6.45) is 2.92. The lowest BCUT2D eigenvalue weighted by Gasteiger charge is -1.99. The summed E-state index contributed by atoms with van der Waals surface area (Å²) >= 11 is 1.56. The maximum atomic E-state index is 11.4. The van der Waals surface area contributed by atoms with Gasteiger partial charge in [0, 0.05) is 0 Å². The molecule has 0 atom stereocenters. The van der Waals surface area contributed by atoms with Gasteiger partial charge in [-0.05, 0) is 30.5 Å². The molecule has 1 N–H and O–H groups in total. The van der Waals surface area contributed by atoms with Crippen LogP contribution in [0.3, 0.4) is 0 Å². The summed E-state index contributed by atoms with van der Waals surface area (Å²) in [7, 11) is 0. The average Bonchev–Trinajstić information content (AvgIpc) is 3.12. The topological polar surface area (TPSA) is 76.2 Å². The van der Waals surface area contributed by atoms with E-state index in [2.05, 4.69) is 15.7 Å². The Morgan fingerprint density at radius 3 is 3.10 bits per heavy atom. The van der Waals surface area contributed by atoms with E-state index in [0.29, 0.717) is 5.76 Å². The van der Waals surface area contributed by atoms with Crippen LogP contribution in [0, 0.1) is 0 Å². The van der Waals surface area contributed by atoms with Gasteiger partial charge in [-0.3, -0.25) is 4.79 Å². The zero-order valence-corrected chi connectivity index (χ0v) is 11.6. The van der Waals surface area contributed by atoms with Gasteiger partial charge in [0.25, 0.3) is 5.91 Å². The Kier molecular flexibility index (Phi) is 5.08. The van der Waals surface area contributed by atoms with Crippen molar-refractivity contribution in [1.82, 2.24) is 5.43 Å². The number of nitrogens with zero attached hydrogens (tertiary/aromatic N) is 2. The molecule has 2 aromatic rings. The van der Waals surface area contributed by atoms with Crippen LogP contribution < -0.4 is 5.43 Å². The third kappa shape index (κ3) is 4.36. The van der Waals surface area contributed by atoms with Crippen molar-refractivity contribution >= 4 is 29.2 Å². The number of nitrogens with one attached hydrogen (secondary N) is 1. The number of rotatable bonds is 6. The van der Waals surface area contributed by atoms with Gasteiger partial charge in [0.15, 0.2) is 6.61 Å². The molecule has 0 aliphatic rings. The van der Waals surface area contributed by atoms with Gasteiger partial charge >= 0.3 is 0 Å². The number of oxime groups is 1. The van der Waals surface area contributed by atoms with Gasteiger partial charge in [-0.2, -0.15) is 5.10 Å². The van der Waals surface area contributed by atoms with E-state index in [0.717, 1.165) is 10.6 Å². The lowest BCUT2D eigenvalue weighted by atomic mass is 10.3. The second-order valence-corrected chi connectivity index (χ2v) is 4.68. The highest BCUT2D eigenvalue weighted by Crippen LogP contribution is 2.09. The largest absolute Gasteiger partial charge is 0.463 e. The molecule has 6 nitrogen and oxygen atoms in total. The quantitative estimate of drug-likeness (QED) is 0.655. The van der Waals surface area contributed by atoms with Crippen LogP contribution in [0.1, 0.15) is 17.6 Å². The molecule has 1 amide bonds. The minimum Gasteiger partial charge on any atom is -0.463 e. The Labute approximate surface area is 119 Å². The first-order valence-corrected chi connectivity index (χ1v) is 6.69. The molecule has 0 aromatic carbocycles. The van der Waals surface area contributed by atoms with E-state index in [1.54, 1.807) is 23.5 Å². The summed E-state index contributed by atoms with van der Waals surface area (Å²) in [5, 5.41) is 9.53. The smallest absolute Gasteiger partial charge is 0.280 e. The standard InChI is InChI=1S/C13H13N3O3S/c1-10(12-5-3-7-20-12)16-19-9-13(17)15-14-8-11-4-2-6-18-11/h2-8H,9H2,1H3,(H,15,17)/b14-8+,16-10+. The lowest BCUT2D eigenvalue weighted by Crippen LogP contribution is -2.22. The highest BCUT2D eigenvalue weighted by atomic mass is 32.1. The van der Waals surface area contributed by atoms with Gasteiger partial charge in [-0.25, -0.2) is 5.43 Å². The third-order valence-corrected chi connectivity index (χ3v) is 3.18. The molecule has 0 saturated carbocycles. The number of hydrogen-bond acceptors (Lipinski definition) is 6. The Balaban J connectivity index is 1.71. The number of thiophene rings is 1. The van der Waals surface area contributed by atoms with Crippen LogP contribution >= 0.6 is 11.3 Å². The number of hydrogen-bond donors (Lipinski definition) is 1. The fourth-order valence-electron chi connectivity index (χ4n) is 1.28. The van der Waals surface area contributed by atoms with Crippen LogP contribution in [0.25, 0.3) is 0 Å². The summed E-state index contributed by atoms with van der Waals surface area (Å²) in [5.74, 6) is 0.160. The SMILES string of the molecule is C/C(=N\OCC(=O)N/N=C/c1ccco1)c1cccs1. The molecule has 7 heteroatoms. The molecule has 2 rings (SSSR count). The number of amides is 1. The zero-order valence-electron chi connectivity index (χ0n) is 10.8. The Hall–Kier alpha value is -2.41. The van der Waals surface area contributed by atoms with Crippen LogP contribution in [-0.4, -0.2) is 24.4 Å². The highest BCUT2D eigenvalue weighted by molar-refractivity contribution is 7.12. The van der Waals surface area contributed by atoms with E-state index in [4.69, 9.17) is 9.25 Å². The average molecular weight is 291 g/mol. The molecular weight excluding hydrogens is 278 g/mol. The van der Waals surface area contributed by atoms with E-state index in [1.165, 1.54) is 12.5 Å². The minimum atomic E-state index is -0.393. The number of hydrazone groups is 1. The molecule has 0 saturated heterocycles.